The molecule has 71 heavy (non-hydrogen) atoms. The van der Waals surface area contributed by atoms with Gasteiger partial charge in [0.05, 0.1) is 24.2 Å². The van der Waals surface area contributed by atoms with Crippen molar-refractivity contribution in [3.63, 3.8) is 0 Å². The molecule has 6 N–H and O–H groups in total. The van der Waals surface area contributed by atoms with Crippen LogP contribution in [0, 0.1) is 10.8 Å². The van der Waals surface area contributed by atoms with Gasteiger partial charge in [0.1, 0.15) is 24.2 Å². The maximum Gasteiger partial charge on any atom is 0.246 e. The average molecular weight is 973 g/mol. The molecule has 3 aromatic rings. The number of nitrogens with zero attached hydrogens (tertiary/aromatic N) is 2. The topological polar surface area (TPSA) is 181 Å². The summed E-state index contributed by atoms with van der Waals surface area (Å²) in [6.07, 6.45) is 6.50. The highest BCUT2D eigenvalue weighted by Crippen LogP contribution is 2.39. The van der Waals surface area contributed by atoms with Crippen molar-refractivity contribution < 1.29 is 28.8 Å². The molecular weight excluding hydrogens is 893 g/mol. The molecule has 0 aromatic heterocycles. The van der Waals surface area contributed by atoms with Gasteiger partial charge in [0.2, 0.25) is 35.4 Å². The van der Waals surface area contributed by atoms with Crippen LogP contribution in [0.15, 0.2) is 66.7 Å². The van der Waals surface area contributed by atoms with E-state index in [1.165, 1.54) is 11.1 Å². The van der Waals surface area contributed by atoms with Crippen molar-refractivity contribution in [1.82, 2.24) is 41.7 Å². The molecule has 14 heteroatoms. The second-order valence-electron chi connectivity index (χ2n) is 22.6. The molecule has 6 amide bonds. The van der Waals surface area contributed by atoms with E-state index in [4.69, 9.17) is 0 Å². The van der Waals surface area contributed by atoms with Crippen molar-refractivity contribution in [1.29, 1.82) is 0 Å². The molecule has 4 aliphatic rings. The van der Waals surface area contributed by atoms with Crippen LogP contribution in [-0.4, -0.2) is 102 Å². The number of carbonyl (C=O) groups excluding carboxylic acids is 6. The Morgan fingerprint density at radius 3 is 1.73 bits per heavy atom. The minimum atomic E-state index is -0.935. The Hall–Kier alpha value is -5.60. The molecule has 2 aliphatic heterocycles. The van der Waals surface area contributed by atoms with E-state index in [9.17, 15) is 24.0 Å². The van der Waals surface area contributed by atoms with Gasteiger partial charge in [-0.1, -0.05) is 122 Å². The molecule has 0 radical (unpaired) electrons. The zero-order valence-corrected chi connectivity index (χ0v) is 43.9. The van der Waals surface area contributed by atoms with E-state index in [0.717, 1.165) is 66.3 Å². The van der Waals surface area contributed by atoms with E-state index in [-0.39, 0.29) is 73.0 Å². The molecule has 1 saturated heterocycles. The van der Waals surface area contributed by atoms with Crippen LogP contribution in [0.5, 0.6) is 0 Å². The highest BCUT2D eigenvalue weighted by atomic mass is 16.2. The molecule has 7 rings (SSSR count). The third kappa shape index (κ3) is 12.0. The average Bonchev–Trinajstić information content (AvgIpc) is 3.81. The van der Waals surface area contributed by atoms with Crippen LogP contribution in [0.1, 0.15) is 158 Å². The molecule has 14 nitrogen and oxygen atoms in total. The number of likely N-dealkylation sites (N-methyl/N-ethyl adjacent to an activating group) is 2. The van der Waals surface area contributed by atoms with Gasteiger partial charge in [0, 0.05) is 25.4 Å². The first-order valence-corrected chi connectivity index (χ1v) is 26.2. The first-order chi connectivity index (χ1) is 33.7. The minimum absolute atomic E-state index is 0.121. The SMILES string of the molecule is CCN[C@@H](CC)C(=O)N[C@H](C(=O)N1Cc2cc([C@H]3C[C@@H](C(=O)N[C@@H]4CCCc5ccccc54)N(C(=O)[C@@H](NC(=O)[C@H](C)NC)C(C)(C)C)C3)ccc2C[C@H]1C(=O)N[C@@H]1CCCc2ccccc21)C(C)(C)C. The van der Waals surface area contributed by atoms with Gasteiger partial charge >= 0.3 is 0 Å². The van der Waals surface area contributed by atoms with Crippen LogP contribution < -0.4 is 31.9 Å². The van der Waals surface area contributed by atoms with E-state index in [1.54, 1.807) is 23.8 Å². The van der Waals surface area contributed by atoms with E-state index in [1.807, 2.05) is 91.8 Å². The second kappa shape index (κ2) is 22.4. The number of likely N-dealkylation sites (tertiary alicyclic amines) is 1. The van der Waals surface area contributed by atoms with E-state index in [2.05, 4.69) is 62.2 Å². The molecule has 0 saturated carbocycles. The van der Waals surface area contributed by atoms with Crippen LogP contribution in [-0.2, 0) is 54.6 Å². The lowest BCUT2D eigenvalue weighted by Crippen LogP contribution is -2.62. The standard InChI is InChI=1S/C57H80N8O6/c1-11-43(59-12-2)51(67)63-49(57(7,8)9)55(71)64-32-39-29-37(27-28-38(39)30-46(64)52(68)60-44-25-17-21-35-19-13-15-23-41(35)44)40-31-47(53(69)61-45-26-18-22-36-20-14-16-24-42(36)45)65(33-40)54(70)48(56(4,5)6)62-50(66)34(3)58-10/h13-16,19-20,23-24,27-29,34,40,43-49,58-59H,11-12,17-18,21-22,25-26,30-33H2,1-10H3,(H,60,68)(H,61,69)(H,62,66)(H,63,67)/t34-,40-,43-,44+,45+,46-,47-,48+,49+/m0/s1. The minimum Gasteiger partial charge on any atom is -0.347 e. The largest absolute Gasteiger partial charge is 0.347 e. The zero-order chi connectivity index (χ0) is 51.4. The lowest BCUT2D eigenvalue weighted by atomic mass is 9.83. The summed E-state index contributed by atoms with van der Waals surface area (Å²) in [7, 11) is 1.70. The Morgan fingerprint density at radius 1 is 0.662 bits per heavy atom. The van der Waals surface area contributed by atoms with Crippen LogP contribution in [0.4, 0.5) is 0 Å². The number of rotatable bonds is 15. The summed E-state index contributed by atoms with van der Waals surface area (Å²) in [5, 5.41) is 19.0. The Morgan fingerprint density at radius 2 is 1.20 bits per heavy atom. The quantitative estimate of drug-likeness (QED) is 0.106. The molecule has 2 aliphatic carbocycles. The highest BCUT2D eigenvalue weighted by molar-refractivity contribution is 5.95. The van der Waals surface area contributed by atoms with E-state index < -0.39 is 47.1 Å². The summed E-state index contributed by atoms with van der Waals surface area (Å²) in [5.74, 6) is -1.96. The number of hydrogen-bond acceptors (Lipinski definition) is 8. The molecule has 9 atom stereocenters. The summed E-state index contributed by atoms with van der Waals surface area (Å²) < 4.78 is 0. The van der Waals surface area contributed by atoms with E-state index in [0.29, 0.717) is 19.4 Å². The lowest BCUT2D eigenvalue weighted by Gasteiger charge is -2.42. The molecule has 0 unspecified atom stereocenters. The van der Waals surface area contributed by atoms with Gasteiger partial charge in [-0.15, -0.1) is 0 Å². The number of carbonyl (C=O) groups is 6. The second-order valence-corrected chi connectivity index (χ2v) is 22.6. The van der Waals surface area contributed by atoms with Crippen molar-refractivity contribution >= 4 is 35.4 Å². The number of aryl methyl sites for hydroxylation is 2. The number of fused-ring (bicyclic) bond motifs is 3. The Balaban J connectivity index is 1.22. The first kappa shape index (κ1) is 53.2. The van der Waals surface area contributed by atoms with Crippen LogP contribution >= 0.6 is 0 Å². The van der Waals surface area contributed by atoms with Crippen molar-refractivity contribution in [3.05, 3.63) is 106 Å². The summed E-state index contributed by atoms with van der Waals surface area (Å²) in [6.45, 7) is 18.1. The van der Waals surface area contributed by atoms with Gasteiger partial charge < -0.3 is 41.7 Å². The Labute approximate surface area is 422 Å². The van der Waals surface area contributed by atoms with Crippen LogP contribution in [0.2, 0.25) is 0 Å². The fourth-order valence-electron chi connectivity index (χ4n) is 11.2. The number of hydrogen-bond donors (Lipinski definition) is 6. The van der Waals surface area contributed by atoms with Gasteiger partial charge in [-0.2, -0.15) is 0 Å². The van der Waals surface area contributed by atoms with Crippen molar-refractivity contribution in [3.8, 4) is 0 Å². The van der Waals surface area contributed by atoms with Gasteiger partial charge in [0.15, 0.2) is 0 Å². The van der Waals surface area contributed by atoms with Gasteiger partial charge in [0.25, 0.3) is 0 Å². The Kier molecular flexibility index (Phi) is 16.8. The van der Waals surface area contributed by atoms with Gasteiger partial charge in [-0.25, -0.2) is 0 Å². The summed E-state index contributed by atoms with van der Waals surface area (Å²) in [6, 6.07) is 17.6. The lowest BCUT2D eigenvalue weighted by molar-refractivity contribution is -0.147. The Bertz CT molecular complexity index is 2440. The number of benzene rings is 3. The third-order valence-electron chi connectivity index (χ3n) is 15.5. The first-order valence-electron chi connectivity index (χ1n) is 26.2. The molecule has 0 bridgehead atoms. The predicted octanol–water partition coefficient (Wildman–Crippen LogP) is 6.07. The maximum absolute atomic E-state index is 15.3. The van der Waals surface area contributed by atoms with Crippen molar-refractivity contribution in [2.75, 3.05) is 20.1 Å². The van der Waals surface area contributed by atoms with Crippen molar-refractivity contribution in [2.45, 2.75) is 181 Å². The van der Waals surface area contributed by atoms with Crippen LogP contribution in [0.25, 0.3) is 0 Å². The normalized spacial score (nSPS) is 22.6. The van der Waals surface area contributed by atoms with E-state index >= 15 is 4.79 Å². The summed E-state index contributed by atoms with van der Waals surface area (Å²) in [5.41, 5.74) is 5.96. The molecule has 1 fully saturated rings. The monoisotopic (exact) mass is 973 g/mol. The molecule has 2 heterocycles. The summed E-state index contributed by atoms with van der Waals surface area (Å²) >= 11 is 0. The van der Waals surface area contributed by atoms with Gasteiger partial charge in [-0.3, -0.25) is 28.8 Å². The molecule has 384 valence electrons. The number of amides is 6. The molecule has 0 spiro atoms. The number of nitrogens with one attached hydrogen (secondary N) is 6. The molecular formula is C57H80N8O6. The fraction of sp³-hybridized carbons (Fsp3) is 0.579. The zero-order valence-electron chi connectivity index (χ0n) is 43.9. The van der Waals surface area contributed by atoms with Gasteiger partial charge in [-0.05, 0) is 122 Å². The highest BCUT2D eigenvalue weighted by Gasteiger charge is 2.47. The van der Waals surface area contributed by atoms with Crippen molar-refractivity contribution in [2.24, 2.45) is 10.8 Å². The smallest absolute Gasteiger partial charge is 0.246 e. The summed E-state index contributed by atoms with van der Waals surface area (Å²) in [4.78, 5) is 90.2. The van der Waals surface area contributed by atoms with Crippen LogP contribution in [0.3, 0.4) is 0 Å². The maximum atomic E-state index is 15.3. The predicted molar refractivity (Wildman–Crippen MR) is 277 cm³/mol. The molecule has 3 aromatic carbocycles. The fourth-order valence-corrected chi connectivity index (χ4v) is 11.2. The third-order valence-corrected chi connectivity index (χ3v) is 15.5.